The fourth-order valence-corrected chi connectivity index (χ4v) is 4.06. The topological polar surface area (TPSA) is 129 Å². The van der Waals surface area contributed by atoms with Crippen LogP contribution < -0.4 is 15.8 Å². The molecule has 0 bridgehead atoms. The molecule has 0 aliphatic carbocycles. The van der Waals surface area contributed by atoms with Gasteiger partial charge in [-0.05, 0) is 61.7 Å². The van der Waals surface area contributed by atoms with Crippen molar-refractivity contribution in [3.63, 3.8) is 0 Å². The zero-order chi connectivity index (χ0) is 25.9. The van der Waals surface area contributed by atoms with Gasteiger partial charge < -0.3 is 20.2 Å². The van der Waals surface area contributed by atoms with Crippen LogP contribution in [-0.4, -0.2) is 32.4 Å². The molecule has 5 aromatic rings. The lowest BCUT2D eigenvalue weighted by Gasteiger charge is -2.17. The summed E-state index contributed by atoms with van der Waals surface area (Å²) in [6.07, 6.45) is 4.99. The maximum absolute atomic E-state index is 11.3. The van der Waals surface area contributed by atoms with Gasteiger partial charge in [-0.1, -0.05) is 18.2 Å². The number of benzene rings is 2. The lowest BCUT2D eigenvalue weighted by molar-refractivity contribution is -0.133. The minimum Gasteiger partial charge on any atom is -0.464 e. The highest BCUT2D eigenvalue weighted by molar-refractivity contribution is 5.85. The van der Waals surface area contributed by atoms with E-state index in [1.54, 1.807) is 18.7 Å². The van der Waals surface area contributed by atoms with Crippen LogP contribution in [0.4, 0.5) is 5.82 Å². The largest absolute Gasteiger partial charge is 0.464 e. The number of nitrogens with two attached hydrogens (primary N) is 1. The van der Waals surface area contributed by atoms with Crippen molar-refractivity contribution in [1.82, 2.24) is 19.9 Å². The Morgan fingerprint density at radius 2 is 1.84 bits per heavy atom. The first-order chi connectivity index (χ1) is 17.9. The average molecular weight is 495 g/mol. The molecule has 186 valence electrons. The van der Waals surface area contributed by atoms with Crippen molar-refractivity contribution in [2.24, 2.45) is 5.73 Å². The number of ether oxygens (including phenoxy) is 1. The summed E-state index contributed by atoms with van der Waals surface area (Å²) in [5.41, 5.74) is 11.8. The van der Waals surface area contributed by atoms with Gasteiger partial charge >= 0.3 is 12.0 Å². The SMILES string of the molecule is Cc1nc(N[C@@H](C)c2cccc(-c3cnc(OC(=O)CN)nc3)c2)cc(-c2ccc3occ(C)c3c2)n1. The van der Waals surface area contributed by atoms with Crippen molar-refractivity contribution >= 4 is 22.8 Å². The predicted molar refractivity (Wildman–Crippen MR) is 141 cm³/mol. The molecular formula is C28H26N6O3. The van der Waals surface area contributed by atoms with Gasteiger partial charge in [-0.2, -0.15) is 0 Å². The van der Waals surface area contributed by atoms with E-state index in [0.29, 0.717) is 5.82 Å². The van der Waals surface area contributed by atoms with E-state index >= 15 is 0 Å². The van der Waals surface area contributed by atoms with Gasteiger partial charge in [0.1, 0.15) is 17.2 Å². The van der Waals surface area contributed by atoms with Gasteiger partial charge in [0, 0.05) is 41.0 Å². The van der Waals surface area contributed by atoms with Crippen molar-refractivity contribution in [3.05, 3.63) is 84.1 Å². The zero-order valence-corrected chi connectivity index (χ0v) is 20.7. The molecule has 0 aliphatic heterocycles. The predicted octanol–water partition coefficient (Wildman–Crippen LogP) is 5.00. The molecule has 0 amide bonds. The number of hydrogen-bond donors (Lipinski definition) is 2. The maximum atomic E-state index is 11.3. The number of carbonyl (C=O) groups excluding carboxylic acids is 1. The fourth-order valence-electron chi connectivity index (χ4n) is 4.06. The van der Waals surface area contributed by atoms with Crippen molar-refractivity contribution < 1.29 is 13.9 Å². The average Bonchev–Trinajstić information content (AvgIpc) is 3.28. The molecule has 0 aliphatic rings. The van der Waals surface area contributed by atoms with Crippen LogP contribution in [0.25, 0.3) is 33.4 Å². The number of furan rings is 1. The summed E-state index contributed by atoms with van der Waals surface area (Å²) in [4.78, 5) is 28.8. The highest BCUT2D eigenvalue weighted by atomic mass is 16.5. The van der Waals surface area contributed by atoms with E-state index in [1.165, 1.54) is 0 Å². The summed E-state index contributed by atoms with van der Waals surface area (Å²) in [6.45, 7) is 5.75. The lowest BCUT2D eigenvalue weighted by atomic mass is 10.0. The van der Waals surface area contributed by atoms with Crippen molar-refractivity contribution in [2.75, 3.05) is 11.9 Å². The highest BCUT2D eigenvalue weighted by Gasteiger charge is 2.12. The van der Waals surface area contributed by atoms with Gasteiger partial charge in [-0.15, -0.1) is 0 Å². The van der Waals surface area contributed by atoms with Crippen molar-refractivity contribution in [2.45, 2.75) is 26.8 Å². The number of hydrogen-bond acceptors (Lipinski definition) is 9. The van der Waals surface area contributed by atoms with Crippen LogP contribution in [0, 0.1) is 13.8 Å². The Bertz CT molecular complexity index is 1580. The van der Waals surface area contributed by atoms with Crippen LogP contribution in [0.3, 0.4) is 0 Å². The molecule has 0 unspecified atom stereocenters. The standard InChI is InChI=1S/C28H26N6O3/c1-16-15-36-25-8-7-21(10-23(16)25)24-11-26(34-18(3)33-24)32-17(2)19-5-4-6-20(9-19)22-13-30-28(31-14-22)37-27(35)12-29/h4-11,13-15,17H,12,29H2,1-3H3,(H,32,33,34)/t17-/m0/s1. The van der Waals surface area contributed by atoms with Crippen LogP contribution in [0.1, 0.15) is 29.9 Å². The highest BCUT2D eigenvalue weighted by Crippen LogP contribution is 2.29. The van der Waals surface area contributed by atoms with E-state index in [9.17, 15) is 4.79 Å². The Morgan fingerprint density at radius 1 is 1.03 bits per heavy atom. The summed E-state index contributed by atoms with van der Waals surface area (Å²) in [7, 11) is 0. The molecule has 3 N–H and O–H groups in total. The second kappa shape index (κ2) is 10.2. The molecule has 1 atom stereocenters. The van der Waals surface area contributed by atoms with Gasteiger partial charge in [0.15, 0.2) is 0 Å². The molecule has 0 saturated heterocycles. The molecule has 0 fully saturated rings. The maximum Gasteiger partial charge on any atom is 0.327 e. The van der Waals surface area contributed by atoms with Gasteiger partial charge in [0.25, 0.3) is 0 Å². The number of carbonyl (C=O) groups is 1. The number of aryl methyl sites for hydroxylation is 2. The summed E-state index contributed by atoms with van der Waals surface area (Å²) >= 11 is 0. The van der Waals surface area contributed by atoms with Crippen LogP contribution in [0.2, 0.25) is 0 Å². The first kappa shape index (κ1) is 24.1. The van der Waals surface area contributed by atoms with Crippen LogP contribution in [0.15, 0.2) is 71.6 Å². The van der Waals surface area contributed by atoms with Gasteiger partial charge in [-0.25, -0.2) is 19.9 Å². The Balaban J connectivity index is 1.36. The van der Waals surface area contributed by atoms with E-state index in [4.69, 9.17) is 14.9 Å². The second-order valence-electron chi connectivity index (χ2n) is 8.74. The Labute approximate surface area is 213 Å². The Morgan fingerprint density at radius 3 is 2.62 bits per heavy atom. The number of anilines is 1. The Kier molecular flexibility index (Phi) is 6.61. The summed E-state index contributed by atoms with van der Waals surface area (Å²) in [6, 6.07) is 16.0. The normalized spacial score (nSPS) is 11.9. The molecule has 0 saturated carbocycles. The molecule has 3 aromatic heterocycles. The Hall–Kier alpha value is -4.63. The molecule has 0 spiro atoms. The fraction of sp³-hybridized carbons (Fsp3) is 0.179. The third-order valence-corrected chi connectivity index (χ3v) is 5.99. The van der Waals surface area contributed by atoms with E-state index in [2.05, 4.69) is 44.3 Å². The van der Waals surface area contributed by atoms with E-state index in [0.717, 1.165) is 50.3 Å². The first-order valence-electron chi connectivity index (χ1n) is 11.8. The van der Waals surface area contributed by atoms with Crippen molar-refractivity contribution in [1.29, 1.82) is 0 Å². The summed E-state index contributed by atoms with van der Waals surface area (Å²) < 4.78 is 10.5. The third kappa shape index (κ3) is 5.31. The van der Waals surface area contributed by atoms with E-state index in [1.807, 2.05) is 50.2 Å². The molecular weight excluding hydrogens is 468 g/mol. The molecule has 3 heterocycles. The minimum atomic E-state index is -0.588. The summed E-state index contributed by atoms with van der Waals surface area (Å²) in [5, 5.41) is 4.57. The molecule has 5 rings (SSSR count). The molecule has 9 heteroatoms. The molecule has 0 radical (unpaired) electrons. The van der Waals surface area contributed by atoms with Crippen LogP contribution >= 0.6 is 0 Å². The number of nitrogens with one attached hydrogen (secondary N) is 1. The number of nitrogens with zero attached hydrogens (tertiary/aromatic N) is 4. The molecule has 2 aromatic carbocycles. The summed E-state index contributed by atoms with van der Waals surface area (Å²) in [5.74, 6) is 0.825. The van der Waals surface area contributed by atoms with Gasteiger partial charge in [-0.3, -0.25) is 4.79 Å². The van der Waals surface area contributed by atoms with Gasteiger partial charge in [0.2, 0.25) is 0 Å². The number of aromatic nitrogens is 4. The third-order valence-electron chi connectivity index (χ3n) is 5.99. The van der Waals surface area contributed by atoms with Crippen LogP contribution in [-0.2, 0) is 4.79 Å². The number of rotatable bonds is 7. The van der Waals surface area contributed by atoms with Crippen LogP contribution in [0.5, 0.6) is 6.01 Å². The molecule has 37 heavy (non-hydrogen) atoms. The zero-order valence-electron chi connectivity index (χ0n) is 20.7. The van der Waals surface area contributed by atoms with E-state index < -0.39 is 5.97 Å². The van der Waals surface area contributed by atoms with Gasteiger partial charge in [0.05, 0.1) is 18.5 Å². The number of esters is 1. The van der Waals surface area contributed by atoms with Crippen molar-refractivity contribution in [3.8, 4) is 28.4 Å². The monoisotopic (exact) mass is 494 g/mol. The van der Waals surface area contributed by atoms with E-state index in [-0.39, 0.29) is 18.6 Å². The second-order valence-corrected chi connectivity index (χ2v) is 8.74. The minimum absolute atomic E-state index is 0.0256. The quantitative estimate of drug-likeness (QED) is 0.300. The lowest BCUT2D eigenvalue weighted by Crippen LogP contribution is -2.20. The molecule has 9 nitrogen and oxygen atoms in total. The number of fused-ring (bicyclic) bond motifs is 1. The first-order valence-corrected chi connectivity index (χ1v) is 11.8. The smallest absolute Gasteiger partial charge is 0.327 e.